The Labute approximate surface area is 207 Å². The Morgan fingerprint density at radius 1 is 1.03 bits per heavy atom. The van der Waals surface area contributed by atoms with Gasteiger partial charge in [-0.25, -0.2) is 17.2 Å². The largest absolute Gasteiger partial charge is 0.434 e. The smallest absolute Gasteiger partial charge is 0.387 e. The number of nitriles is 1. The molecule has 0 radical (unpaired) electrons. The monoisotopic (exact) mass is 526 g/mol. The van der Waals surface area contributed by atoms with Crippen LogP contribution in [0.25, 0.3) is 22.2 Å². The summed E-state index contributed by atoms with van der Waals surface area (Å²) in [7, 11) is -3.80. The molecule has 0 bridgehead atoms. The second-order valence-electron chi connectivity index (χ2n) is 7.74. The number of ether oxygens (including phenoxy) is 1. The molecule has 0 unspecified atom stereocenters. The number of pyridine rings is 1. The van der Waals surface area contributed by atoms with E-state index in [0.29, 0.717) is 0 Å². The molecule has 0 saturated heterocycles. The Bertz CT molecular complexity index is 1830. The summed E-state index contributed by atoms with van der Waals surface area (Å²) >= 11 is 0. The van der Waals surface area contributed by atoms with E-state index in [1.54, 1.807) is 0 Å². The number of halogens is 4. The van der Waals surface area contributed by atoms with E-state index in [2.05, 4.69) is 21.6 Å². The second kappa shape index (κ2) is 9.80. The number of alkyl halides is 2. The molecule has 37 heavy (non-hydrogen) atoms. The maximum atomic E-state index is 15.3. The number of nitrogens with zero attached hydrogens (tertiary/aromatic N) is 1. The van der Waals surface area contributed by atoms with Crippen LogP contribution in [-0.2, 0) is 9.84 Å². The molecule has 1 aromatic heterocycles. The number of aromatic amines is 1. The molecule has 4 aromatic rings. The maximum Gasteiger partial charge on any atom is 0.387 e. The van der Waals surface area contributed by atoms with Crippen LogP contribution in [0.3, 0.4) is 0 Å². The van der Waals surface area contributed by atoms with Crippen molar-refractivity contribution >= 4 is 20.7 Å². The Kier molecular flexibility index (Phi) is 6.75. The molecule has 6 nitrogen and oxygen atoms in total. The van der Waals surface area contributed by atoms with Gasteiger partial charge in [0, 0.05) is 17.9 Å². The van der Waals surface area contributed by atoms with Crippen LogP contribution in [0, 0.1) is 34.8 Å². The van der Waals surface area contributed by atoms with Gasteiger partial charge >= 0.3 is 6.61 Å². The van der Waals surface area contributed by atoms with Gasteiger partial charge in [-0.2, -0.15) is 14.0 Å². The molecular weight excluding hydrogens is 512 g/mol. The van der Waals surface area contributed by atoms with E-state index >= 15 is 4.39 Å². The fourth-order valence-electron chi connectivity index (χ4n) is 3.63. The van der Waals surface area contributed by atoms with Gasteiger partial charge in [-0.1, -0.05) is 24.0 Å². The highest BCUT2D eigenvalue weighted by Gasteiger charge is 2.20. The van der Waals surface area contributed by atoms with E-state index in [0.717, 1.165) is 18.4 Å². The number of aromatic nitrogens is 1. The van der Waals surface area contributed by atoms with Gasteiger partial charge in [0.25, 0.3) is 0 Å². The first-order valence-corrected chi connectivity index (χ1v) is 12.2. The van der Waals surface area contributed by atoms with Crippen molar-refractivity contribution < 1.29 is 30.7 Å². The summed E-state index contributed by atoms with van der Waals surface area (Å²) < 4.78 is 84.2. The van der Waals surface area contributed by atoms with Crippen LogP contribution in [-0.4, -0.2) is 26.3 Å². The Morgan fingerprint density at radius 3 is 2.43 bits per heavy atom. The normalized spacial score (nSPS) is 11.2. The molecule has 0 spiro atoms. The first kappa shape index (κ1) is 25.5. The van der Waals surface area contributed by atoms with Crippen LogP contribution in [0.1, 0.15) is 16.7 Å². The zero-order valence-electron chi connectivity index (χ0n) is 18.8. The second-order valence-corrected chi connectivity index (χ2v) is 9.72. The average Bonchev–Trinajstić information content (AvgIpc) is 2.83. The lowest BCUT2D eigenvalue weighted by molar-refractivity contribution is -0.0500. The molecule has 0 atom stereocenters. The van der Waals surface area contributed by atoms with Crippen LogP contribution >= 0.6 is 0 Å². The Morgan fingerprint density at radius 2 is 1.76 bits per heavy atom. The van der Waals surface area contributed by atoms with Gasteiger partial charge in [0.2, 0.25) is 0 Å². The van der Waals surface area contributed by atoms with E-state index in [1.165, 1.54) is 42.5 Å². The molecule has 186 valence electrons. The fourth-order valence-corrected chi connectivity index (χ4v) is 4.52. The number of para-hydroxylation sites is 1. The third kappa shape index (κ3) is 5.17. The van der Waals surface area contributed by atoms with Crippen molar-refractivity contribution in [1.82, 2.24) is 4.98 Å². The number of rotatable bonds is 4. The molecule has 0 amide bonds. The predicted octanol–water partition coefficient (Wildman–Crippen LogP) is 4.75. The van der Waals surface area contributed by atoms with E-state index in [-0.39, 0.29) is 38.5 Å². The van der Waals surface area contributed by atoms with Crippen molar-refractivity contribution in [2.45, 2.75) is 11.5 Å². The SMILES string of the molecule is CS(=O)(=O)c1ccc(C#N)cc1-c1cc(=O)c2c(F)c(C#Cc3ccccc3OC(F)F)c(F)cc2[nH]1. The van der Waals surface area contributed by atoms with Gasteiger partial charge in [-0.15, -0.1) is 0 Å². The van der Waals surface area contributed by atoms with Crippen molar-refractivity contribution in [3.05, 3.63) is 93.1 Å². The van der Waals surface area contributed by atoms with E-state index < -0.39 is 44.5 Å². The lowest BCUT2D eigenvalue weighted by Crippen LogP contribution is -2.09. The Balaban J connectivity index is 1.90. The van der Waals surface area contributed by atoms with Crippen LogP contribution in [0.2, 0.25) is 0 Å². The van der Waals surface area contributed by atoms with Crippen LogP contribution < -0.4 is 10.2 Å². The summed E-state index contributed by atoms with van der Waals surface area (Å²) in [5.74, 6) is 1.85. The molecular formula is C26H14F4N2O4S. The topological polar surface area (TPSA) is 100 Å². The molecule has 0 aliphatic rings. The van der Waals surface area contributed by atoms with Gasteiger partial charge in [0.05, 0.1) is 44.3 Å². The Hall–Kier alpha value is -4.61. The predicted molar refractivity (Wildman–Crippen MR) is 127 cm³/mol. The number of hydrogen-bond donors (Lipinski definition) is 1. The molecule has 3 aromatic carbocycles. The highest BCUT2D eigenvalue weighted by Crippen LogP contribution is 2.29. The zero-order valence-corrected chi connectivity index (χ0v) is 19.6. The number of nitrogens with one attached hydrogen (secondary N) is 1. The first-order valence-electron chi connectivity index (χ1n) is 10.3. The third-order valence-electron chi connectivity index (χ3n) is 5.23. The van der Waals surface area contributed by atoms with Crippen molar-refractivity contribution in [2.24, 2.45) is 0 Å². The van der Waals surface area contributed by atoms with Crippen molar-refractivity contribution in [1.29, 1.82) is 5.26 Å². The van der Waals surface area contributed by atoms with Gasteiger partial charge < -0.3 is 9.72 Å². The van der Waals surface area contributed by atoms with Gasteiger partial charge in [0.1, 0.15) is 11.6 Å². The van der Waals surface area contributed by atoms with E-state index in [9.17, 15) is 31.6 Å². The number of hydrogen-bond acceptors (Lipinski definition) is 5. The van der Waals surface area contributed by atoms with Gasteiger partial charge in [0.15, 0.2) is 21.1 Å². The van der Waals surface area contributed by atoms with E-state index in [4.69, 9.17) is 0 Å². The van der Waals surface area contributed by atoms with Crippen molar-refractivity contribution in [3.63, 3.8) is 0 Å². The average molecular weight is 526 g/mol. The molecule has 0 saturated carbocycles. The summed E-state index contributed by atoms with van der Waals surface area (Å²) in [6.07, 6.45) is 0.936. The number of H-pyrrole nitrogens is 1. The first-order chi connectivity index (χ1) is 17.5. The molecule has 0 aliphatic carbocycles. The van der Waals surface area contributed by atoms with Gasteiger partial charge in [-0.3, -0.25) is 4.79 Å². The standard InChI is InChI=1S/C26H14F4N2O4S/c1-37(34,35)23-9-6-14(13-31)10-17(23)19-12-21(33)24-20(32-19)11-18(27)16(25(24)28)8-7-15-4-2-3-5-22(15)36-26(29)30/h2-6,9-12,26H,1H3,(H,32,33). The minimum atomic E-state index is -3.80. The summed E-state index contributed by atoms with van der Waals surface area (Å²) in [4.78, 5) is 15.3. The zero-order chi connectivity index (χ0) is 26.9. The van der Waals surface area contributed by atoms with Crippen LogP contribution in [0.5, 0.6) is 5.75 Å². The minimum absolute atomic E-state index is 0.0270. The lowest BCUT2D eigenvalue weighted by Gasteiger charge is -2.11. The number of sulfone groups is 1. The molecule has 1 heterocycles. The summed E-state index contributed by atoms with van der Waals surface area (Å²) in [6, 6.07) is 12.7. The third-order valence-corrected chi connectivity index (χ3v) is 6.39. The molecule has 0 fully saturated rings. The highest BCUT2D eigenvalue weighted by atomic mass is 32.2. The molecule has 0 aliphatic heterocycles. The van der Waals surface area contributed by atoms with Crippen LogP contribution in [0.4, 0.5) is 17.6 Å². The number of fused-ring (bicyclic) bond motifs is 1. The fraction of sp³-hybridized carbons (Fsp3) is 0.0769. The van der Waals surface area contributed by atoms with E-state index in [1.807, 2.05) is 6.07 Å². The molecule has 11 heteroatoms. The summed E-state index contributed by atoms with van der Waals surface area (Å²) in [5.41, 5.74) is -2.04. The minimum Gasteiger partial charge on any atom is -0.434 e. The summed E-state index contributed by atoms with van der Waals surface area (Å²) in [5, 5.41) is 8.64. The van der Waals surface area contributed by atoms with Crippen molar-refractivity contribution in [3.8, 4) is 34.9 Å². The maximum absolute atomic E-state index is 15.3. The molecule has 4 rings (SSSR count). The van der Waals surface area contributed by atoms with Crippen molar-refractivity contribution in [2.75, 3.05) is 6.26 Å². The highest BCUT2D eigenvalue weighted by molar-refractivity contribution is 7.90. The van der Waals surface area contributed by atoms with Crippen LogP contribution in [0.15, 0.2) is 64.3 Å². The molecule has 1 N–H and O–H groups in total. The van der Waals surface area contributed by atoms with Gasteiger partial charge in [-0.05, 0) is 36.4 Å². The lowest BCUT2D eigenvalue weighted by atomic mass is 10.0. The number of benzene rings is 3. The quantitative estimate of drug-likeness (QED) is 0.306. The summed E-state index contributed by atoms with van der Waals surface area (Å²) in [6.45, 7) is -3.14.